The van der Waals surface area contributed by atoms with Gasteiger partial charge < -0.3 is 18.9 Å². The average Bonchev–Trinajstić information content (AvgIpc) is 2.62. The molecule has 2 aromatic carbocycles. The molecule has 134 valence electrons. The van der Waals surface area contributed by atoms with Crippen LogP contribution in [0.5, 0.6) is 17.2 Å². The Hall–Kier alpha value is -2.24. The van der Waals surface area contributed by atoms with Crippen LogP contribution in [0.1, 0.15) is 15.9 Å². The fraction of sp³-hybridized carbons (Fsp3) is 0.316. The lowest BCUT2D eigenvalue weighted by Gasteiger charge is -2.12. The number of ether oxygens (including phenoxy) is 4. The second kappa shape index (κ2) is 9.91. The molecule has 0 atom stereocenters. The van der Waals surface area contributed by atoms with Crippen LogP contribution in [0.4, 0.5) is 0 Å². The van der Waals surface area contributed by atoms with E-state index < -0.39 is 0 Å². The highest BCUT2D eigenvalue weighted by Gasteiger charge is 2.05. The summed E-state index contributed by atoms with van der Waals surface area (Å²) in [7, 11) is 1.53. The normalized spacial score (nSPS) is 10.4. The predicted octanol–water partition coefficient (Wildman–Crippen LogP) is 3.94. The topological polar surface area (TPSA) is 54.0 Å². The van der Waals surface area contributed by atoms with Crippen LogP contribution in [-0.2, 0) is 4.74 Å². The van der Waals surface area contributed by atoms with E-state index in [4.69, 9.17) is 30.5 Å². The smallest absolute Gasteiger partial charge is 0.161 e. The lowest BCUT2D eigenvalue weighted by atomic mass is 10.2. The van der Waals surface area contributed by atoms with E-state index in [1.54, 1.807) is 24.3 Å². The van der Waals surface area contributed by atoms with Crippen molar-refractivity contribution in [3.8, 4) is 17.2 Å². The van der Waals surface area contributed by atoms with Crippen molar-refractivity contribution in [3.63, 3.8) is 0 Å². The Balaban J connectivity index is 1.66. The SMILES string of the molecule is COc1cc(C=O)ccc1OCCOCCOc1ccc(Cl)cc1C. The van der Waals surface area contributed by atoms with Gasteiger partial charge >= 0.3 is 0 Å². The van der Waals surface area contributed by atoms with Crippen molar-refractivity contribution >= 4 is 17.9 Å². The van der Waals surface area contributed by atoms with Crippen LogP contribution in [0, 0.1) is 6.92 Å². The number of hydrogen-bond acceptors (Lipinski definition) is 5. The molecule has 0 amide bonds. The number of methoxy groups -OCH3 is 1. The van der Waals surface area contributed by atoms with Gasteiger partial charge in [0.25, 0.3) is 0 Å². The molecule has 0 aromatic heterocycles. The number of rotatable bonds is 10. The number of aldehydes is 1. The summed E-state index contributed by atoms with van der Waals surface area (Å²) in [6.45, 7) is 3.63. The zero-order valence-corrected chi connectivity index (χ0v) is 15.0. The maximum absolute atomic E-state index is 10.8. The van der Waals surface area contributed by atoms with Crippen molar-refractivity contribution in [2.75, 3.05) is 33.5 Å². The van der Waals surface area contributed by atoms with E-state index in [2.05, 4.69) is 0 Å². The Labute approximate surface area is 152 Å². The molecule has 0 N–H and O–H groups in total. The molecule has 25 heavy (non-hydrogen) atoms. The Morgan fingerprint density at radius 1 is 0.920 bits per heavy atom. The van der Waals surface area contributed by atoms with Gasteiger partial charge in [-0.25, -0.2) is 0 Å². The molecule has 2 rings (SSSR count). The second-order valence-electron chi connectivity index (χ2n) is 5.25. The third kappa shape index (κ3) is 5.96. The van der Waals surface area contributed by atoms with Gasteiger partial charge in [0.1, 0.15) is 25.2 Å². The number of halogens is 1. The van der Waals surface area contributed by atoms with Gasteiger partial charge in [-0.3, -0.25) is 4.79 Å². The summed E-state index contributed by atoms with van der Waals surface area (Å²) in [6.07, 6.45) is 0.762. The standard InChI is InChI=1S/C19H21ClO5/c1-14-11-16(20)4-6-17(14)24-9-7-23-8-10-25-18-5-3-15(13-21)12-19(18)22-2/h3-6,11-13H,7-10H2,1-2H3. The van der Waals surface area contributed by atoms with E-state index >= 15 is 0 Å². The van der Waals surface area contributed by atoms with Gasteiger partial charge in [-0.2, -0.15) is 0 Å². The van der Waals surface area contributed by atoms with E-state index in [-0.39, 0.29) is 0 Å². The monoisotopic (exact) mass is 364 g/mol. The van der Waals surface area contributed by atoms with Crippen LogP contribution in [0.2, 0.25) is 5.02 Å². The second-order valence-corrected chi connectivity index (χ2v) is 5.68. The summed E-state index contributed by atoms with van der Waals surface area (Å²) in [5, 5.41) is 0.690. The number of carbonyl (C=O) groups is 1. The van der Waals surface area contributed by atoms with Gasteiger partial charge in [0.15, 0.2) is 11.5 Å². The van der Waals surface area contributed by atoms with Crippen LogP contribution in [-0.4, -0.2) is 39.8 Å². The van der Waals surface area contributed by atoms with Crippen LogP contribution >= 0.6 is 11.6 Å². The molecule has 0 heterocycles. The largest absolute Gasteiger partial charge is 0.493 e. The third-order valence-corrected chi connectivity index (χ3v) is 3.67. The van der Waals surface area contributed by atoms with Crippen LogP contribution in [0.15, 0.2) is 36.4 Å². The first-order valence-corrected chi connectivity index (χ1v) is 8.24. The molecular weight excluding hydrogens is 344 g/mol. The Morgan fingerprint density at radius 2 is 1.60 bits per heavy atom. The number of hydrogen-bond donors (Lipinski definition) is 0. The van der Waals surface area contributed by atoms with Gasteiger partial charge in [-0.1, -0.05) is 11.6 Å². The summed E-state index contributed by atoms with van der Waals surface area (Å²) in [5.41, 5.74) is 1.52. The first kappa shape index (κ1) is 19.1. The average molecular weight is 365 g/mol. The lowest BCUT2D eigenvalue weighted by Crippen LogP contribution is -2.12. The predicted molar refractivity (Wildman–Crippen MR) is 96.4 cm³/mol. The highest BCUT2D eigenvalue weighted by atomic mass is 35.5. The highest BCUT2D eigenvalue weighted by Crippen LogP contribution is 2.27. The van der Waals surface area contributed by atoms with Gasteiger partial charge in [0, 0.05) is 10.6 Å². The van der Waals surface area contributed by atoms with E-state index in [0.29, 0.717) is 48.5 Å². The molecule has 0 saturated heterocycles. The quantitative estimate of drug-likeness (QED) is 0.472. The van der Waals surface area contributed by atoms with Gasteiger partial charge in [-0.15, -0.1) is 0 Å². The summed E-state index contributed by atoms with van der Waals surface area (Å²) in [6, 6.07) is 10.5. The fourth-order valence-corrected chi connectivity index (χ4v) is 2.40. The minimum atomic E-state index is 0.372. The van der Waals surface area contributed by atoms with Crippen LogP contribution in [0.3, 0.4) is 0 Å². The Bertz CT molecular complexity index is 702. The van der Waals surface area contributed by atoms with Crippen molar-refractivity contribution in [2.45, 2.75) is 6.92 Å². The van der Waals surface area contributed by atoms with E-state index in [0.717, 1.165) is 17.6 Å². The zero-order valence-electron chi connectivity index (χ0n) is 14.3. The number of carbonyl (C=O) groups excluding carboxylic acids is 1. The molecule has 0 bridgehead atoms. The van der Waals surface area contributed by atoms with Crippen molar-refractivity contribution in [1.82, 2.24) is 0 Å². The molecule has 0 aliphatic carbocycles. The van der Waals surface area contributed by atoms with Crippen molar-refractivity contribution < 1.29 is 23.7 Å². The third-order valence-electron chi connectivity index (χ3n) is 3.43. The summed E-state index contributed by atoms with van der Waals surface area (Å²) < 4.78 is 21.9. The lowest BCUT2D eigenvalue weighted by molar-refractivity contribution is 0.0755. The molecule has 0 radical (unpaired) electrons. The number of benzene rings is 2. The summed E-state index contributed by atoms with van der Waals surface area (Å²) in [4.78, 5) is 10.8. The highest BCUT2D eigenvalue weighted by molar-refractivity contribution is 6.30. The van der Waals surface area contributed by atoms with Crippen molar-refractivity contribution in [1.29, 1.82) is 0 Å². The molecule has 0 aliphatic heterocycles. The zero-order chi connectivity index (χ0) is 18.1. The van der Waals surface area contributed by atoms with Crippen LogP contribution in [0.25, 0.3) is 0 Å². The molecule has 0 saturated carbocycles. The molecule has 0 fully saturated rings. The van der Waals surface area contributed by atoms with E-state index in [9.17, 15) is 4.79 Å². The fourth-order valence-electron chi connectivity index (χ4n) is 2.17. The first-order chi connectivity index (χ1) is 12.1. The maximum atomic E-state index is 10.8. The van der Waals surface area contributed by atoms with Gasteiger partial charge in [0.05, 0.1) is 20.3 Å². The molecule has 6 heteroatoms. The molecule has 0 spiro atoms. The van der Waals surface area contributed by atoms with Gasteiger partial charge in [0.2, 0.25) is 0 Å². The Morgan fingerprint density at radius 3 is 2.24 bits per heavy atom. The minimum Gasteiger partial charge on any atom is -0.493 e. The molecule has 0 unspecified atom stereocenters. The maximum Gasteiger partial charge on any atom is 0.161 e. The minimum absolute atomic E-state index is 0.372. The van der Waals surface area contributed by atoms with Crippen molar-refractivity contribution in [2.24, 2.45) is 0 Å². The van der Waals surface area contributed by atoms with E-state index in [1.165, 1.54) is 7.11 Å². The number of aryl methyl sites for hydroxylation is 1. The van der Waals surface area contributed by atoms with E-state index in [1.807, 2.05) is 19.1 Å². The van der Waals surface area contributed by atoms with Gasteiger partial charge in [-0.05, 0) is 48.9 Å². The summed E-state index contributed by atoms with van der Waals surface area (Å²) >= 11 is 5.90. The summed E-state index contributed by atoms with van der Waals surface area (Å²) in [5.74, 6) is 1.89. The van der Waals surface area contributed by atoms with Crippen LogP contribution < -0.4 is 14.2 Å². The molecule has 0 aliphatic rings. The van der Waals surface area contributed by atoms with Crippen molar-refractivity contribution in [3.05, 3.63) is 52.5 Å². The molecular formula is C19H21ClO5. The first-order valence-electron chi connectivity index (χ1n) is 7.86. The molecule has 2 aromatic rings. The molecule has 5 nitrogen and oxygen atoms in total. The Kier molecular flexibility index (Phi) is 7.57.